The normalized spacial score (nSPS) is 19.7. The van der Waals surface area contributed by atoms with E-state index in [2.05, 4.69) is 26.8 Å². The van der Waals surface area contributed by atoms with E-state index in [9.17, 15) is 4.57 Å². The van der Waals surface area contributed by atoms with Gasteiger partial charge in [-0.1, -0.05) is 49.7 Å². The molecule has 0 amide bonds. The predicted octanol–water partition coefficient (Wildman–Crippen LogP) is 6.40. The maximum Gasteiger partial charge on any atom is 0.462 e. The van der Waals surface area contributed by atoms with Gasteiger partial charge < -0.3 is 18.5 Å². The Morgan fingerprint density at radius 3 is 2.16 bits per heavy atom. The molecule has 0 saturated heterocycles. The van der Waals surface area contributed by atoms with Crippen LogP contribution in [0.2, 0.25) is 0 Å². The molecule has 3 aromatic rings. The van der Waals surface area contributed by atoms with Gasteiger partial charge in [-0.05, 0) is 43.5 Å². The van der Waals surface area contributed by atoms with Crippen molar-refractivity contribution in [2.45, 2.75) is 33.6 Å². The molecule has 0 aliphatic carbocycles. The quantitative estimate of drug-likeness (QED) is 0.429. The molecule has 0 N–H and O–H groups in total. The molecular weight excluding hydrogens is 423 g/mol. The standard InChI is InChI=1S/C26H29O5P/c1-16(2)24-21-13-17(3)12-18(4)25(21)30-32(27,20-10-8-7-9-11-20)31-26-22(24)14-19(28-5)15-23(26)29-6/h7-16,24H,1-6H3. The first-order valence-electron chi connectivity index (χ1n) is 10.7. The summed E-state index contributed by atoms with van der Waals surface area (Å²) in [6.07, 6.45) is 0. The third-order valence-corrected chi connectivity index (χ3v) is 7.57. The van der Waals surface area contributed by atoms with Gasteiger partial charge in [-0.15, -0.1) is 0 Å². The van der Waals surface area contributed by atoms with Crippen molar-refractivity contribution in [2.75, 3.05) is 14.2 Å². The predicted molar refractivity (Wildman–Crippen MR) is 127 cm³/mol. The van der Waals surface area contributed by atoms with Gasteiger partial charge in [-0.2, -0.15) is 0 Å². The molecule has 0 saturated carbocycles. The molecule has 2 unspecified atom stereocenters. The van der Waals surface area contributed by atoms with Crippen LogP contribution in [0.4, 0.5) is 0 Å². The Balaban J connectivity index is 2.10. The van der Waals surface area contributed by atoms with Gasteiger partial charge in [0.15, 0.2) is 11.5 Å². The molecule has 3 aromatic carbocycles. The van der Waals surface area contributed by atoms with Crippen LogP contribution >= 0.6 is 7.60 Å². The molecule has 1 heterocycles. The van der Waals surface area contributed by atoms with E-state index in [1.807, 2.05) is 37.3 Å². The summed E-state index contributed by atoms with van der Waals surface area (Å²) < 4.78 is 38.2. The van der Waals surface area contributed by atoms with E-state index in [-0.39, 0.29) is 11.8 Å². The van der Waals surface area contributed by atoms with Crippen LogP contribution in [0.1, 0.15) is 42.0 Å². The van der Waals surface area contributed by atoms with Crippen LogP contribution in [-0.2, 0) is 4.57 Å². The number of ether oxygens (including phenoxy) is 2. The summed E-state index contributed by atoms with van der Waals surface area (Å²) in [6.45, 7) is 8.34. The molecule has 32 heavy (non-hydrogen) atoms. The van der Waals surface area contributed by atoms with Gasteiger partial charge >= 0.3 is 7.60 Å². The van der Waals surface area contributed by atoms with Crippen molar-refractivity contribution in [3.8, 4) is 23.0 Å². The fourth-order valence-electron chi connectivity index (χ4n) is 4.40. The van der Waals surface area contributed by atoms with Crippen LogP contribution in [0.5, 0.6) is 23.0 Å². The number of aryl methyl sites for hydroxylation is 2. The highest BCUT2D eigenvalue weighted by Crippen LogP contribution is 2.58. The molecule has 6 heteroatoms. The van der Waals surface area contributed by atoms with E-state index in [1.54, 1.807) is 32.4 Å². The van der Waals surface area contributed by atoms with Gasteiger partial charge in [0, 0.05) is 23.1 Å². The zero-order valence-corrected chi connectivity index (χ0v) is 20.2. The SMILES string of the molecule is COc1cc(OC)c2c(c1)C(C(C)C)c1cc(C)cc(C)c1OP(=O)(c1ccccc1)O2. The molecule has 0 radical (unpaired) electrons. The number of fused-ring (bicyclic) bond motifs is 2. The molecule has 5 nitrogen and oxygen atoms in total. The van der Waals surface area contributed by atoms with E-state index in [0.717, 1.165) is 22.3 Å². The summed E-state index contributed by atoms with van der Waals surface area (Å²) in [4.78, 5) is 0. The number of methoxy groups -OCH3 is 2. The largest absolute Gasteiger partial charge is 0.497 e. The lowest BCUT2D eigenvalue weighted by Gasteiger charge is -2.33. The second-order valence-electron chi connectivity index (χ2n) is 8.49. The average molecular weight is 452 g/mol. The summed E-state index contributed by atoms with van der Waals surface area (Å²) in [6, 6.07) is 16.9. The molecule has 0 bridgehead atoms. The second-order valence-corrected chi connectivity index (χ2v) is 10.4. The number of hydrogen-bond acceptors (Lipinski definition) is 5. The van der Waals surface area contributed by atoms with Crippen molar-refractivity contribution in [3.05, 3.63) is 76.9 Å². The minimum Gasteiger partial charge on any atom is -0.497 e. The Morgan fingerprint density at radius 1 is 0.875 bits per heavy atom. The first-order valence-corrected chi connectivity index (χ1v) is 12.2. The van der Waals surface area contributed by atoms with Crippen molar-refractivity contribution >= 4 is 12.9 Å². The molecule has 168 valence electrons. The zero-order chi connectivity index (χ0) is 23.0. The van der Waals surface area contributed by atoms with Gasteiger partial charge in [0.05, 0.1) is 19.5 Å². The summed E-state index contributed by atoms with van der Waals surface area (Å²) in [5.41, 5.74) is 3.88. The first kappa shape index (κ1) is 22.3. The van der Waals surface area contributed by atoms with Crippen molar-refractivity contribution < 1.29 is 23.1 Å². The van der Waals surface area contributed by atoms with Crippen LogP contribution in [0, 0.1) is 19.8 Å². The highest BCUT2D eigenvalue weighted by atomic mass is 31.2. The maximum absolute atomic E-state index is 14.3. The lowest BCUT2D eigenvalue weighted by molar-refractivity contribution is 0.348. The summed E-state index contributed by atoms with van der Waals surface area (Å²) in [5.74, 6) is 2.26. The lowest BCUT2D eigenvalue weighted by Crippen LogP contribution is -2.21. The third-order valence-electron chi connectivity index (χ3n) is 5.79. The van der Waals surface area contributed by atoms with Crippen LogP contribution in [-0.4, -0.2) is 14.2 Å². The lowest BCUT2D eigenvalue weighted by atomic mass is 9.80. The Kier molecular flexibility index (Phi) is 5.96. The third kappa shape index (κ3) is 3.86. The van der Waals surface area contributed by atoms with E-state index in [1.165, 1.54) is 0 Å². The monoisotopic (exact) mass is 452 g/mol. The summed E-state index contributed by atoms with van der Waals surface area (Å²) >= 11 is 0. The van der Waals surface area contributed by atoms with Gasteiger partial charge in [0.2, 0.25) is 0 Å². The zero-order valence-electron chi connectivity index (χ0n) is 19.3. The molecule has 0 fully saturated rings. The summed E-state index contributed by atoms with van der Waals surface area (Å²) in [7, 11) is -0.597. The Morgan fingerprint density at radius 2 is 1.53 bits per heavy atom. The Hall–Kier alpha value is -2.91. The first-order chi connectivity index (χ1) is 15.3. The van der Waals surface area contributed by atoms with Crippen molar-refractivity contribution in [3.63, 3.8) is 0 Å². The number of rotatable bonds is 4. The number of benzene rings is 3. The van der Waals surface area contributed by atoms with E-state index < -0.39 is 7.60 Å². The van der Waals surface area contributed by atoms with E-state index >= 15 is 0 Å². The highest BCUT2D eigenvalue weighted by molar-refractivity contribution is 7.63. The van der Waals surface area contributed by atoms with Crippen LogP contribution < -0.4 is 23.8 Å². The Bertz CT molecular complexity index is 1190. The minimum absolute atomic E-state index is 0.0767. The van der Waals surface area contributed by atoms with Crippen molar-refractivity contribution in [2.24, 2.45) is 5.92 Å². The van der Waals surface area contributed by atoms with Gasteiger partial charge in [-0.25, -0.2) is 4.57 Å². The second kappa shape index (κ2) is 8.55. The smallest absolute Gasteiger partial charge is 0.462 e. The van der Waals surface area contributed by atoms with Gasteiger partial charge in [0.1, 0.15) is 11.5 Å². The number of hydrogen-bond donors (Lipinski definition) is 0. The van der Waals surface area contributed by atoms with Crippen LogP contribution in [0.3, 0.4) is 0 Å². The van der Waals surface area contributed by atoms with Crippen molar-refractivity contribution in [1.29, 1.82) is 0 Å². The molecule has 2 atom stereocenters. The molecule has 1 aliphatic rings. The van der Waals surface area contributed by atoms with E-state index in [0.29, 0.717) is 28.3 Å². The fourth-order valence-corrected chi connectivity index (χ4v) is 6.11. The molecular formula is C26H29O5P. The van der Waals surface area contributed by atoms with Crippen LogP contribution in [0.15, 0.2) is 54.6 Å². The average Bonchev–Trinajstić information content (AvgIpc) is 2.76. The molecule has 4 rings (SSSR count). The van der Waals surface area contributed by atoms with Gasteiger partial charge in [0.25, 0.3) is 0 Å². The fraction of sp³-hybridized carbons (Fsp3) is 0.308. The Labute approximate surface area is 189 Å². The summed E-state index contributed by atoms with van der Waals surface area (Å²) in [5, 5.41) is 0.484. The maximum atomic E-state index is 14.3. The van der Waals surface area contributed by atoms with Crippen LogP contribution in [0.25, 0.3) is 0 Å². The van der Waals surface area contributed by atoms with Crippen molar-refractivity contribution in [1.82, 2.24) is 0 Å². The molecule has 0 aromatic heterocycles. The van der Waals surface area contributed by atoms with E-state index in [4.69, 9.17) is 18.5 Å². The van der Waals surface area contributed by atoms with Gasteiger partial charge in [-0.3, -0.25) is 0 Å². The minimum atomic E-state index is -3.78. The topological polar surface area (TPSA) is 54.0 Å². The molecule has 0 spiro atoms. The highest BCUT2D eigenvalue weighted by Gasteiger charge is 2.40. The molecule has 1 aliphatic heterocycles.